The zero-order chi connectivity index (χ0) is 11.9. The molecular weight excluding hydrogens is 204 g/mol. The average molecular weight is 218 g/mol. The van der Waals surface area contributed by atoms with Gasteiger partial charge < -0.3 is 4.98 Å². The minimum Gasteiger partial charge on any atom is -0.361 e. The maximum atomic E-state index is 10.8. The number of non-ortho nitro benzene ring substituents is 1. The Morgan fingerprint density at radius 2 is 2.00 bits per heavy atom. The number of H-pyrrole nitrogens is 1. The highest BCUT2D eigenvalue weighted by Crippen LogP contribution is 2.32. The van der Waals surface area contributed by atoms with E-state index in [1.807, 2.05) is 33.0 Å². The van der Waals surface area contributed by atoms with Gasteiger partial charge in [0.05, 0.1) is 4.92 Å². The van der Waals surface area contributed by atoms with E-state index < -0.39 is 0 Å². The Morgan fingerprint density at radius 1 is 1.31 bits per heavy atom. The molecule has 1 aromatic heterocycles. The molecule has 1 heterocycles. The molecule has 4 heteroatoms. The zero-order valence-electron chi connectivity index (χ0n) is 9.57. The van der Waals surface area contributed by atoms with Crippen molar-refractivity contribution in [3.63, 3.8) is 0 Å². The summed E-state index contributed by atoms with van der Waals surface area (Å²) in [6.07, 6.45) is 1.81. The molecule has 0 aliphatic rings. The number of aromatic amines is 1. The molecule has 0 saturated carbocycles. The number of benzene rings is 1. The van der Waals surface area contributed by atoms with Gasteiger partial charge in [0, 0.05) is 29.2 Å². The zero-order valence-corrected chi connectivity index (χ0v) is 9.57. The molecule has 2 rings (SSSR count). The second kappa shape index (κ2) is 3.33. The monoisotopic (exact) mass is 218 g/mol. The van der Waals surface area contributed by atoms with Gasteiger partial charge in [-0.25, -0.2) is 0 Å². The Morgan fingerprint density at radius 3 is 2.56 bits per heavy atom. The van der Waals surface area contributed by atoms with Crippen LogP contribution in [-0.2, 0) is 5.41 Å². The third-order valence-corrected chi connectivity index (χ3v) is 2.66. The fraction of sp³-hybridized carbons (Fsp3) is 0.333. The number of nitrogens with one attached hydrogen (secondary N) is 1. The van der Waals surface area contributed by atoms with Gasteiger partial charge >= 0.3 is 0 Å². The highest BCUT2D eigenvalue weighted by atomic mass is 16.6. The lowest BCUT2D eigenvalue weighted by Crippen LogP contribution is -2.12. The number of nitro groups is 1. The first-order valence-electron chi connectivity index (χ1n) is 5.15. The number of hydrogen-bond donors (Lipinski definition) is 1. The van der Waals surface area contributed by atoms with Gasteiger partial charge in [0.2, 0.25) is 0 Å². The maximum absolute atomic E-state index is 10.8. The molecule has 0 spiro atoms. The van der Waals surface area contributed by atoms with Gasteiger partial charge in [-0.1, -0.05) is 20.8 Å². The summed E-state index contributed by atoms with van der Waals surface area (Å²) in [6.45, 7) is 6.14. The summed E-state index contributed by atoms with van der Waals surface area (Å²) in [7, 11) is 0. The Hall–Kier alpha value is -1.84. The number of nitrogens with zero attached hydrogens (tertiary/aromatic N) is 1. The van der Waals surface area contributed by atoms with Crippen LogP contribution in [0.3, 0.4) is 0 Å². The van der Waals surface area contributed by atoms with Crippen LogP contribution in [0.15, 0.2) is 24.4 Å². The number of nitro benzene ring substituents is 1. The van der Waals surface area contributed by atoms with E-state index in [-0.39, 0.29) is 16.0 Å². The minimum atomic E-state index is -0.346. The van der Waals surface area contributed by atoms with Crippen LogP contribution in [0.1, 0.15) is 26.3 Å². The van der Waals surface area contributed by atoms with Gasteiger partial charge in [0.1, 0.15) is 0 Å². The molecule has 0 radical (unpaired) electrons. The smallest absolute Gasteiger partial charge is 0.270 e. The van der Waals surface area contributed by atoms with Crippen LogP contribution in [-0.4, -0.2) is 9.91 Å². The van der Waals surface area contributed by atoms with Crippen LogP contribution in [0.5, 0.6) is 0 Å². The highest BCUT2D eigenvalue weighted by Gasteiger charge is 2.21. The average Bonchev–Trinajstić information content (AvgIpc) is 2.61. The molecule has 16 heavy (non-hydrogen) atoms. The molecule has 0 amide bonds. The summed E-state index contributed by atoms with van der Waals surface area (Å²) in [4.78, 5) is 13.6. The van der Waals surface area contributed by atoms with Crippen molar-refractivity contribution < 1.29 is 4.92 Å². The van der Waals surface area contributed by atoms with E-state index >= 15 is 0 Å². The number of fused-ring (bicyclic) bond motifs is 1. The standard InChI is InChI=1S/C12H14N2O2/c1-12(2,3)10-7-9(14(15)16)6-8-4-5-13-11(8)10/h4-7,13H,1-3H3. The first-order valence-corrected chi connectivity index (χ1v) is 5.15. The number of aromatic nitrogens is 1. The molecule has 2 aromatic rings. The first kappa shape index (κ1) is 10.7. The van der Waals surface area contributed by atoms with Crippen LogP contribution in [0.2, 0.25) is 0 Å². The van der Waals surface area contributed by atoms with Crippen LogP contribution < -0.4 is 0 Å². The van der Waals surface area contributed by atoms with Gasteiger partial charge in [-0.15, -0.1) is 0 Å². The molecule has 0 aliphatic heterocycles. The van der Waals surface area contributed by atoms with Crippen molar-refractivity contribution >= 4 is 16.6 Å². The van der Waals surface area contributed by atoms with Crippen molar-refractivity contribution in [3.8, 4) is 0 Å². The lowest BCUT2D eigenvalue weighted by molar-refractivity contribution is -0.384. The molecule has 4 nitrogen and oxygen atoms in total. The fourth-order valence-corrected chi connectivity index (χ4v) is 1.85. The van der Waals surface area contributed by atoms with Crippen molar-refractivity contribution in [2.45, 2.75) is 26.2 Å². The van der Waals surface area contributed by atoms with Gasteiger partial charge in [0.15, 0.2) is 0 Å². The highest BCUT2D eigenvalue weighted by molar-refractivity contribution is 5.86. The second-order valence-electron chi connectivity index (χ2n) is 4.94. The largest absolute Gasteiger partial charge is 0.361 e. The predicted molar refractivity (Wildman–Crippen MR) is 63.7 cm³/mol. The Kier molecular flexibility index (Phi) is 2.22. The summed E-state index contributed by atoms with van der Waals surface area (Å²) < 4.78 is 0. The maximum Gasteiger partial charge on any atom is 0.270 e. The van der Waals surface area contributed by atoms with Gasteiger partial charge in [-0.05, 0) is 17.0 Å². The summed E-state index contributed by atoms with van der Waals surface area (Å²) in [5, 5.41) is 11.7. The van der Waals surface area contributed by atoms with E-state index in [2.05, 4.69) is 4.98 Å². The topological polar surface area (TPSA) is 58.9 Å². The lowest BCUT2D eigenvalue weighted by Gasteiger charge is -2.19. The van der Waals surface area contributed by atoms with Crippen molar-refractivity contribution in [1.82, 2.24) is 4.98 Å². The molecule has 0 atom stereocenters. The van der Waals surface area contributed by atoms with Gasteiger partial charge in [0.25, 0.3) is 5.69 Å². The van der Waals surface area contributed by atoms with Crippen molar-refractivity contribution in [3.05, 3.63) is 40.1 Å². The van der Waals surface area contributed by atoms with Crippen LogP contribution >= 0.6 is 0 Å². The van der Waals surface area contributed by atoms with Crippen molar-refractivity contribution in [1.29, 1.82) is 0 Å². The minimum absolute atomic E-state index is 0.116. The summed E-state index contributed by atoms with van der Waals surface area (Å²) >= 11 is 0. The van der Waals surface area contributed by atoms with Crippen LogP contribution in [0.4, 0.5) is 5.69 Å². The number of rotatable bonds is 1. The van der Waals surface area contributed by atoms with Crippen LogP contribution in [0, 0.1) is 10.1 Å². The lowest BCUT2D eigenvalue weighted by atomic mass is 9.85. The summed E-state index contributed by atoms with van der Waals surface area (Å²) in [5.74, 6) is 0. The van der Waals surface area contributed by atoms with Crippen molar-refractivity contribution in [2.24, 2.45) is 0 Å². The quantitative estimate of drug-likeness (QED) is 0.589. The van der Waals surface area contributed by atoms with E-state index in [4.69, 9.17) is 0 Å². The number of hydrogen-bond acceptors (Lipinski definition) is 2. The van der Waals surface area contributed by atoms with Gasteiger partial charge in [-0.3, -0.25) is 10.1 Å². The predicted octanol–water partition coefficient (Wildman–Crippen LogP) is 3.37. The van der Waals surface area contributed by atoms with E-state index in [1.165, 1.54) is 0 Å². The van der Waals surface area contributed by atoms with E-state index in [1.54, 1.807) is 12.1 Å². The fourth-order valence-electron chi connectivity index (χ4n) is 1.85. The third kappa shape index (κ3) is 1.66. The molecule has 84 valence electrons. The third-order valence-electron chi connectivity index (χ3n) is 2.66. The Balaban J connectivity index is 2.79. The SMILES string of the molecule is CC(C)(C)c1cc([N+](=O)[O-])cc2cc[nH]c12. The summed E-state index contributed by atoms with van der Waals surface area (Å²) in [5.41, 5.74) is 1.99. The first-order chi connectivity index (χ1) is 7.39. The molecule has 1 aromatic carbocycles. The molecule has 0 fully saturated rings. The molecule has 0 unspecified atom stereocenters. The van der Waals surface area contributed by atoms with E-state index in [0.29, 0.717) is 0 Å². The van der Waals surface area contributed by atoms with E-state index in [0.717, 1.165) is 16.5 Å². The molecule has 0 aliphatic carbocycles. The molecule has 1 N–H and O–H groups in total. The van der Waals surface area contributed by atoms with Gasteiger partial charge in [-0.2, -0.15) is 0 Å². The van der Waals surface area contributed by atoms with E-state index in [9.17, 15) is 10.1 Å². The Labute approximate surface area is 93.4 Å². The van der Waals surface area contributed by atoms with Crippen LogP contribution in [0.25, 0.3) is 10.9 Å². The molecular formula is C12H14N2O2. The second-order valence-corrected chi connectivity index (χ2v) is 4.94. The summed E-state index contributed by atoms with van der Waals surface area (Å²) in [6, 6.07) is 5.11. The molecule has 0 saturated heterocycles. The normalized spacial score (nSPS) is 11.9. The molecule has 0 bridgehead atoms. The Bertz CT molecular complexity index is 550. The van der Waals surface area contributed by atoms with Crippen molar-refractivity contribution in [2.75, 3.05) is 0 Å².